The van der Waals surface area contributed by atoms with Gasteiger partial charge in [0, 0.05) is 16.3 Å². The topological polar surface area (TPSA) is 47.6 Å². The first-order chi connectivity index (χ1) is 12.4. The first-order valence-electron chi connectivity index (χ1n) is 7.97. The van der Waals surface area contributed by atoms with Gasteiger partial charge in [0.1, 0.15) is 17.3 Å². The van der Waals surface area contributed by atoms with E-state index in [1.54, 1.807) is 38.5 Å². The Hall–Kier alpha value is -1.92. The quantitative estimate of drug-likeness (QED) is 0.706. The average Bonchev–Trinajstić information content (AvgIpc) is 2.62. The molecule has 7 heteroatoms. The summed E-state index contributed by atoms with van der Waals surface area (Å²) in [6.07, 6.45) is 0. The molecule has 0 heterocycles. The summed E-state index contributed by atoms with van der Waals surface area (Å²) in [4.78, 5) is 12.2. The third-order valence-corrected chi connectivity index (χ3v) is 5.00. The lowest BCUT2D eigenvalue weighted by molar-refractivity contribution is -0.119. The van der Waals surface area contributed by atoms with Gasteiger partial charge in [-0.25, -0.2) is 4.39 Å². The minimum atomic E-state index is -0.361. The van der Waals surface area contributed by atoms with Crippen LogP contribution in [-0.4, -0.2) is 25.9 Å². The Bertz CT molecular complexity index is 772. The first-order valence-corrected chi connectivity index (χ1v) is 9.50. The number of hydrogen-bond donors (Lipinski definition) is 1. The van der Waals surface area contributed by atoms with Gasteiger partial charge in [-0.2, -0.15) is 0 Å². The lowest BCUT2D eigenvalue weighted by Gasteiger charge is -2.18. The van der Waals surface area contributed by atoms with E-state index in [9.17, 15) is 9.18 Å². The SMILES string of the molecule is COc1ccc(OC)c([C@H](C)NC(=O)CSCc2ccc(Cl)cc2F)c1. The summed E-state index contributed by atoms with van der Waals surface area (Å²) >= 11 is 7.07. The first kappa shape index (κ1) is 20.4. The van der Waals surface area contributed by atoms with Gasteiger partial charge in [-0.15, -0.1) is 11.8 Å². The molecule has 0 aromatic heterocycles. The van der Waals surface area contributed by atoms with Crippen LogP contribution < -0.4 is 14.8 Å². The lowest BCUT2D eigenvalue weighted by Crippen LogP contribution is -2.28. The number of rotatable bonds is 8. The molecule has 140 valence electrons. The number of benzene rings is 2. The zero-order valence-electron chi connectivity index (χ0n) is 14.8. The molecule has 0 radical (unpaired) electrons. The molecule has 2 aromatic rings. The number of halogens is 2. The van der Waals surface area contributed by atoms with E-state index in [0.29, 0.717) is 27.8 Å². The summed E-state index contributed by atoms with van der Waals surface area (Å²) in [7, 11) is 3.16. The summed E-state index contributed by atoms with van der Waals surface area (Å²) in [5, 5.41) is 3.28. The van der Waals surface area contributed by atoms with Gasteiger partial charge in [-0.3, -0.25) is 4.79 Å². The van der Waals surface area contributed by atoms with Gasteiger partial charge in [0.15, 0.2) is 0 Å². The number of carbonyl (C=O) groups excluding carboxylic acids is 1. The van der Waals surface area contributed by atoms with Gasteiger partial charge in [0.25, 0.3) is 0 Å². The number of amides is 1. The van der Waals surface area contributed by atoms with Crippen LogP contribution in [0.15, 0.2) is 36.4 Å². The predicted octanol–water partition coefficient (Wildman–Crippen LogP) is 4.61. The van der Waals surface area contributed by atoms with E-state index >= 15 is 0 Å². The molecule has 0 aliphatic rings. The molecule has 0 aliphatic carbocycles. The highest BCUT2D eigenvalue weighted by Crippen LogP contribution is 2.29. The molecule has 1 atom stereocenters. The van der Waals surface area contributed by atoms with Crippen LogP contribution in [-0.2, 0) is 10.5 Å². The van der Waals surface area contributed by atoms with Crippen molar-refractivity contribution in [3.8, 4) is 11.5 Å². The van der Waals surface area contributed by atoms with Crippen molar-refractivity contribution in [2.24, 2.45) is 0 Å². The number of ether oxygens (including phenoxy) is 2. The van der Waals surface area contributed by atoms with Crippen molar-refractivity contribution >= 4 is 29.3 Å². The maximum atomic E-state index is 13.7. The van der Waals surface area contributed by atoms with Crippen LogP contribution in [0, 0.1) is 5.82 Å². The van der Waals surface area contributed by atoms with E-state index in [1.165, 1.54) is 17.8 Å². The highest BCUT2D eigenvalue weighted by molar-refractivity contribution is 7.99. The van der Waals surface area contributed by atoms with Crippen molar-refractivity contribution in [1.82, 2.24) is 5.32 Å². The second-order valence-electron chi connectivity index (χ2n) is 5.63. The van der Waals surface area contributed by atoms with Crippen LogP contribution in [0.1, 0.15) is 24.1 Å². The van der Waals surface area contributed by atoms with Gasteiger partial charge in [-0.1, -0.05) is 17.7 Å². The molecule has 26 heavy (non-hydrogen) atoms. The third kappa shape index (κ3) is 5.54. The molecule has 0 fully saturated rings. The number of hydrogen-bond acceptors (Lipinski definition) is 4. The molecule has 4 nitrogen and oxygen atoms in total. The minimum absolute atomic E-state index is 0.137. The van der Waals surface area contributed by atoms with Crippen LogP contribution in [0.25, 0.3) is 0 Å². The van der Waals surface area contributed by atoms with Crippen molar-refractivity contribution < 1.29 is 18.7 Å². The second kappa shape index (κ2) is 9.69. The number of thioether (sulfide) groups is 1. The Labute approximate surface area is 162 Å². The lowest BCUT2D eigenvalue weighted by atomic mass is 10.1. The second-order valence-corrected chi connectivity index (χ2v) is 7.05. The van der Waals surface area contributed by atoms with Crippen molar-refractivity contribution in [1.29, 1.82) is 0 Å². The smallest absolute Gasteiger partial charge is 0.230 e. The largest absolute Gasteiger partial charge is 0.497 e. The number of carbonyl (C=O) groups is 1. The summed E-state index contributed by atoms with van der Waals surface area (Å²) in [5.41, 5.74) is 1.35. The molecule has 2 rings (SSSR count). The van der Waals surface area contributed by atoms with Crippen molar-refractivity contribution in [2.75, 3.05) is 20.0 Å². The fourth-order valence-electron chi connectivity index (χ4n) is 2.43. The fraction of sp³-hybridized carbons (Fsp3) is 0.316. The predicted molar refractivity (Wildman–Crippen MR) is 104 cm³/mol. The average molecular weight is 398 g/mol. The molecule has 0 unspecified atom stereocenters. The Morgan fingerprint density at radius 1 is 1.23 bits per heavy atom. The minimum Gasteiger partial charge on any atom is -0.497 e. The van der Waals surface area contributed by atoms with Crippen LogP contribution in [0.3, 0.4) is 0 Å². The number of methoxy groups -OCH3 is 2. The molecule has 1 amide bonds. The van der Waals surface area contributed by atoms with Crippen molar-refractivity contribution in [3.05, 3.63) is 58.4 Å². The summed E-state index contributed by atoms with van der Waals surface area (Å²) in [6.45, 7) is 1.87. The summed E-state index contributed by atoms with van der Waals surface area (Å²) in [6, 6.07) is 9.72. The highest BCUT2D eigenvalue weighted by Gasteiger charge is 2.15. The van der Waals surface area contributed by atoms with Crippen LogP contribution >= 0.6 is 23.4 Å². The molecule has 0 aliphatic heterocycles. The van der Waals surface area contributed by atoms with E-state index in [1.807, 2.05) is 13.0 Å². The van der Waals surface area contributed by atoms with Crippen LogP contribution in [0.2, 0.25) is 5.02 Å². The van der Waals surface area contributed by atoms with E-state index < -0.39 is 0 Å². The Morgan fingerprint density at radius 3 is 2.65 bits per heavy atom. The van der Waals surface area contributed by atoms with Gasteiger partial charge in [-0.05, 0) is 42.8 Å². The van der Waals surface area contributed by atoms with Gasteiger partial charge in [0.05, 0.1) is 26.0 Å². The summed E-state index contributed by atoms with van der Waals surface area (Å²) in [5.74, 6) is 1.48. The monoisotopic (exact) mass is 397 g/mol. The molecule has 0 saturated carbocycles. The van der Waals surface area contributed by atoms with Crippen molar-refractivity contribution in [3.63, 3.8) is 0 Å². The third-order valence-electron chi connectivity index (χ3n) is 3.79. The summed E-state index contributed by atoms with van der Waals surface area (Å²) < 4.78 is 24.3. The van der Waals surface area contributed by atoms with E-state index in [4.69, 9.17) is 21.1 Å². The molecular weight excluding hydrogens is 377 g/mol. The van der Waals surface area contributed by atoms with Gasteiger partial charge >= 0.3 is 0 Å². The van der Waals surface area contributed by atoms with E-state index in [2.05, 4.69) is 5.32 Å². The normalized spacial score (nSPS) is 11.7. The van der Waals surface area contributed by atoms with Gasteiger partial charge in [0.2, 0.25) is 5.91 Å². The molecular formula is C19H21ClFNO3S. The van der Waals surface area contributed by atoms with Crippen LogP contribution in [0.5, 0.6) is 11.5 Å². The maximum Gasteiger partial charge on any atom is 0.230 e. The zero-order chi connectivity index (χ0) is 19.1. The highest BCUT2D eigenvalue weighted by atomic mass is 35.5. The zero-order valence-corrected chi connectivity index (χ0v) is 16.4. The molecule has 2 aromatic carbocycles. The molecule has 0 saturated heterocycles. The molecule has 0 bridgehead atoms. The maximum absolute atomic E-state index is 13.7. The Kier molecular flexibility index (Phi) is 7.60. The van der Waals surface area contributed by atoms with Crippen molar-refractivity contribution in [2.45, 2.75) is 18.7 Å². The fourth-order valence-corrected chi connectivity index (χ4v) is 3.41. The van der Waals surface area contributed by atoms with Crippen LogP contribution in [0.4, 0.5) is 4.39 Å². The Balaban J connectivity index is 1.91. The van der Waals surface area contributed by atoms with E-state index in [0.717, 1.165) is 5.56 Å². The molecule has 1 N–H and O–H groups in total. The number of nitrogens with one attached hydrogen (secondary N) is 1. The standard InChI is InChI=1S/C19H21ClFNO3S/c1-12(16-9-15(24-2)6-7-18(16)25-3)22-19(23)11-26-10-13-4-5-14(20)8-17(13)21/h4-9,12H,10-11H2,1-3H3,(H,22,23)/t12-/m0/s1. The Morgan fingerprint density at radius 2 is 2.00 bits per heavy atom. The van der Waals surface area contributed by atoms with E-state index in [-0.39, 0.29) is 23.5 Å². The molecule has 0 spiro atoms. The van der Waals surface area contributed by atoms with Gasteiger partial charge < -0.3 is 14.8 Å².